The molecule has 1 saturated heterocycles. The quantitative estimate of drug-likeness (QED) is 0.895. The molecule has 1 aliphatic heterocycles. The molecule has 0 saturated carbocycles. The molecule has 5 heteroatoms. The van der Waals surface area contributed by atoms with Gasteiger partial charge in [-0.2, -0.15) is 0 Å². The molecule has 98 valence electrons. The van der Waals surface area contributed by atoms with E-state index in [4.69, 9.17) is 0 Å². The van der Waals surface area contributed by atoms with Gasteiger partial charge in [0.1, 0.15) is 6.17 Å². The monoisotopic (exact) mass is 254 g/mol. The molecule has 1 aliphatic rings. The van der Waals surface area contributed by atoms with Crippen molar-refractivity contribution in [2.24, 2.45) is 0 Å². The van der Waals surface area contributed by atoms with Gasteiger partial charge >= 0.3 is 0 Å². The van der Waals surface area contributed by atoms with Gasteiger partial charge in [-0.3, -0.25) is 10.1 Å². The first-order valence-electron chi connectivity index (χ1n) is 5.91. The smallest absolute Gasteiger partial charge is 0.255 e. The van der Waals surface area contributed by atoms with Gasteiger partial charge in [-0.25, -0.2) is 8.78 Å². The van der Waals surface area contributed by atoms with Gasteiger partial charge in [0.2, 0.25) is 5.91 Å². The van der Waals surface area contributed by atoms with Crippen LogP contribution in [0.2, 0.25) is 0 Å². The summed E-state index contributed by atoms with van der Waals surface area (Å²) in [6.45, 7) is 3.07. The molecule has 1 heterocycles. The Kier molecular flexibility index (Phi) is 3.61. The minimum Gasteiger partial charge on any atom is -0.316 e. The van der Waals surface area contributed by atoms with Crippen LogP contribution >= 0.6 is 0 Å². The first kappa shape index (κ1) is 13.0. The summed E-state index contributed by atoms with van der Waals surface area (Å²) in [5.74, 6) is -0.274. The number of alkyl halides is 2. The highest BCUT2D eigenvalue weighted by atomic mass is 19.3. The van der Waals surface area contributed by atoms with Crippen molar-refractivity contribution in [1.82, 2.24) is 10.2 Å². The maximum atomic E-state index is 12.6. The zero-order chi connectivity index (χ0) is 13.3. The number of rotatable bonds is 3. The minimum absolute atomic E-state index is 0.274. The van der Waals surface area contributed by atoms with E-state index in [0.29, 0.717) is 0 Å². The summed E-state index contributed by atoms with van der Waals surface area (Å²) in [5, 5.41) is 3.06. The Morgan fingerprint density at radius 1 is 1.39 bits per heavy atom. The van der Waals surface area contributed by atoms with Gasteiger partial charge in [-0.1, -0.05) is 24.3 Å². The summed E-state index contributed by atoms with van der Waals surface area (Å²) >= 11 is 0. The van der Waals surface area contributed by atoms with E-state index in [1.54, 1.807) is 6.92 Å². The number of amides is 1. The van der Waals surface area contributed by atoms with E-state index in [1.165, 1.54) is 4.90 Å². The van der Waals surface area contributed by atoms with E-state index in [1.807, 2.05) is 31.2 Å². The van der Waals surface area contributed by atoms with Gasteiger partial charge in [-0.15, -0.1) is 0 Å². The van der Waals surface area contributed by atoms with E-state index >= 15 is 0 Å². The molecule has 2 unspecified atom stereocenters. The van der Waals surface area contributed by atoms with Crippen LogP contribution in [0.3, 0.4) is 0 Å². The number of halogens is 2. The summed E-state index contributed by atoms with van der Waals surface area (Å²) in [4.78, 5) is 13.1. The molecular weight excluding hydrogens is 238 g/mol. The first-order chi connectivity index (χ1) is 8.50. The second kappa shape index (κ2) is 5.02. The number of benzene rings is 1. The van der Waals surface area contributed by atoms with Gasteiger partial charge in [-0.05, 0) is 25.0 Å². The summed E-state index contributed by atoms with van der Waals surface area (Å²) in [6.07, 6.45) is -2.98. The third-order valence-corrected chi connectivity index (χ3v) is 3.19. The van der Waals surface area contributed by atoms with Crippen molar-refractivity contribution < 1.29 is 13.6 Å². The Balaban J connectivity index is 2.31. The second-order valence-corrected chi connectivity index (χ2v) is 4.53. The topological polar surface area (TPSA) is 32.3 Å². The standard InChI is InChI=1S/C13H16F2N2O/c1-8-5-3-4-6-10(8)12-16-9(2)13(18)17(12)7-11(14)15/h3-6,9,11-12,16H,7H2,1-2H3. The van der Waals surface area contributed by atoms with Crippen molar-refractivity contribution in [2.45, 2.75) is 32.5 Å². The molecule has 1 aromatic carbocycles. The summed E-state index contributed by atoms with van der Waals surface area (Å²) in [5.41, 5.74) is 1.85. The number of carbonyl (C=O) groups excluding carboxylic acids is 1. The largest absolute Gasteiger partial charge is 0.316 e. The van der Waals surface area contributed by atoms with Gasteiger partial charge in [0.25, 0.3) is 6.43 Å². The van der Waals surface area contributed by atoms with Crippen molar-refractivity contribution in [3.05, 3.63) is 35.4 Å². The summed E-state index contributed by atoms with van der Waals surface area (Å²) in [7, 11) is 0. The van der Waals surface area contributed by atoms with E-state index in [-0.39, 0.29) is 5.91 Å². The van der Waals surface area contributed by atoms with Crippen LogP contribution in [0.5, 0.6) is 0 Å². The van der Waals surface area contributed by atoms with Gasteiger partial charge in [0, 0.05) is 0 Å². The number of aryl methyl sites for hydroxylation is 1. The molecule has 0 radical (unpaired) electrons. The molecule has 2 atom stereocenters. The van der Waals surface area contributed by atoms with Crippen LogP contribution in [0.15, 0.2) is 24.3 Å². The number of carbonyl (C=O) groups is 1. The molecule has 0 spiro atoms. The third kappa shape index (κ3) is 2.36. The molecule has 3 nitrogen and oxygen atoms in total. The molecule has 2 rings (SSSR count). The van der Waals surface area contributed by atoms with Crippen molar-refractivity contribution >= 4 is 5.91 Å². The van der Waals surface area contributed by atoms with Crippen LogP contribution in [-0.2, 0) is 4.79 Å². The Bertz CT molecular complexity index is 450. The van der Waals surface area contributed by atoms with Crippen molar-refractivity contribution in [1.29, 1.82) is 0 Å². The van der Waals surface area contributed by atoms with Crippen molar-refractivity contribution in [3.63, 3.8) is 0 Å². The van der Waals surface area contributed by atoms with Crippen LogP contribution in [0.1, 0.15) is 24.2 Å². The first-order valence-corrected chi connectivity index (χ1v) is 5.91. The molecule has 1 amide bonds. The number of nitrogens with one attached hydrogen (secondary N) is 1. The second-order valence-electron chi connectivity index (χ2n) is 4.53. The molecule has 0 aliphatic carbocycles. The highest BCUT2D eigenvalue weighted by Crippen LogP contribution is 2.27. The number of hydrogen-bond acceptors (Lipinski definition) is 2. The molecule has 1 fully saturated rings. The fourth-order valence-corrected chi connectivity index (χ4v) is 2.27. The minimum atomic E-state index is -2.52. The van der Waals surface area contributed by atoms with E-state index in [0.717, 1.165) is 11.1 Å². The van der Waals surface area contributed by atoms with Crippen LogP contribution in [-0.4, -0.2) is 29.8 Å². The Morgan fingerprint density at radius 2 is 2.06 bits per heavy atom. The zero-order valence-electron chi connectivity index (χ0n) is 10.4. The van der Waals surface area contributed by atoms with Gasteiger partial charge < -0.3 is 4.90 Å². The molecular formula is C13H16F2N2O. The van der Waals surface area contributed by atoms with Crippen LogP contribution in [0.4, 0.5) is 8.78 Å². The lowest BCUT2D eigenvalue weighted by Gasteiger charge is -2.25. The molecule has 18 heavy (non-hydrogen) atoms. The Morgan fingerprint density at radius 3 is 2.67 bits per heavy atom. The zero-order valence-corrected chi connectivity index (χ0v) is 10.4. The summed E-state index contributed by atoms with van der Waals surface area (Å²) < 4.78 is 25.1. The normalized spacial score (nSPS) is 24.1. The van der Waals surface area contributed by atoms with Crippen molar-refractivity contribution in [2.75, 3.05) is 6.54 Å². The highest BCUT2D eigenvalue weighted by molar-refractivity contribution is 5.84. The third-order valence-electron chi connectivity index (χ3n) is 3.19. The number of hydrogen-bond donors (Lipinski definition) is 1. The predicted molar refractivity (Wildman–Crippen MR) is 64.2 cm³/mol. The lowest BCUT2D eigenvalue weighted by molar-refractivity contribution is -0.131. The Labute approximate surface area is 105 Å². The summed E-state index contributed by atoms with van der Waals surface area (Å²) in [6, 6.07) is 7.07. The Hall–Kier alpha value is -1.49. The fourth-order valence-electron chi connectivity index (χ4n) is 2.27. The average Bonchev–Trinajstić information content (AvgIpc) is 2.57. The van der Waals surface area contributed by atoms with E-state index < -0.39 is 25.2 Å². The fraction of sp³-hybridized carbons (Fsp3) is 0.462. The lowest BCUT2D eigenvalue weighted by Crippen LogP contribution is -2.35. The molecule has 1 aromatic rings. The van der Waals surface area contributed by atoms with Gasteiger partial charge in [0.05, 0.1) is 12.6 Å². The maximum Gasteiger partial charge on any atom is 0.255 e. The SMILES string of the molecule is Cc1ccccc1C1NC(C)C(=O)N1CC(F)F. The van der Waals surface area contributed by atoms with Crippen LogP contribution in [0, 0.1) is 6.92 Å². The number of nitrogens with zero attached hydrogens (tertiary/aromatic N) is 1. The predicted octanol–water partition coefficient (Wildman–Crippen LogP) is 2.08. The molecule has 0 bridgehead atoms. The van der Waals surface area contributed by atoms with Crippen LogP contribution in [0.25, 0.3) is 0 Å². The lowest BCUT2D eigenvalue weighted by atomic mass is 10.1. The highest BCUT2D eigenvalue weighted by Gasteiger charge is 2.38. The van der Waals surface area contributed by atoms with Crippen LogP contribution < -0.4 is 5.32 Å². The van der Waals surface area contributed by atoms with Crippen molar-refractivity contribution in [3.8, 4) is 0 Å². The molecule has 1 N–H and O–H groups in total. The maximum absolute atomic E-state index is 12.6. The van der Waals surface area contributed by atoms with E-state index in [2.05, 4.69) is 5.32 Å². The molecule has 0 aromatic heterocycles. The van der Waals surface area contributed by atoms with E-state index in [9.17, 15) is 13.6 Å². The van der Waals surface area contributed by atoms with Gasteiger partial charge in [0.15, 0.2) is 0 Å². The average molecular weight is 254 g/mol.